The minimum atomic E-state index is -0.231. The second-order valence-electron chi connectivity index (χ2n) is 2.52. The lowest BCUT2D eigenvalue weighted by Crippen LogP contribution is -2.14. The molecule has 0 heterocycles. The molecule has 0 aliphatic heterocycles. The summed E-state index contributed by atoms with van der Waals surface area (Å²) in [7, 11) is 1.64. The second-order valence-corrected chi connectivity index (χ2v) is 2.52. The first-order valence-electron chi connectivity index (χ1n) is 4.68. The van der Waals surface area contributed by atoms with Crippen LogP contribution in [0.2, 0.25) is 0 Å². The van der Waals surface area contributed by atoms with Gasteiger partial charge >= 0.3 is 0 Å². The predicted molar refractivity (Wildman–Crippen MR) is 59.0 cm³/mol. The summed E-state index contributed by atoms with van der Waals surface area (Å²) in [5.74, 6) is 0.326. The Labute approximate surface area is 84.7 Å². The van der Waals surface area contributed by atoms with E-state index in [-0.39, 0.29) is 5.82 Å². The molecule has 1 aromatic rings. The van der Waals surface area contributed by atoms with Crippen LogP contribution in [0, 0.1) is 5.82 Å². The molecule has 2 N–H and O–H groups in total. The Bertz CT molecular complexity index is 278. The number of nitrogens with zero attached hydrogens (tertiary/aromatic N) is 1. The smallest absolute Gasteiger partial charge is 0.123 e. The molecule has 14 heavy (non-hydrogen) atoms. The summed E-state index contributed by atoms with van der Waals surface area (Å²) < 4.78 is 12.4. The van der Waals surface area contributed by atoms with Crippen LogP contribution in [0.1, 0.15) is 19.4 Å². The lowest BCUT2D eigenvalue weighted by Gasteiger charge is -1.99. The normalized spacial score (nSPS) is 10.4. The molecule has 0 spiro atoms. The molecular weight excluding hydrogens is 179 g/mol. The molecule has 0 radical (unpaired) electrons. The summed E-state index contributed by atoms with van der Waals surface area (Å²) >= 11 is 0. The summed E-state index contributed by atoms with van der Waals surface area (Å²) in [6.07, 6.45) is 0.580. The van der Waals surface area contributed by atoms with Crippen LogP contribution in [0.25, 0.3) is 0 Å². The third-order valence-electron chi connectivity index (χ3n) is 1.59. The van der Waals surface area contributed by atoms with Gasteiger partial charge in [-0.3, -0.25) is 4.99 Å². The van der Waals surface area contributed by atoms with Gasteiger partial charge < -0.3 is 5.73 Å². The van der Waals surface area contributed by atoms with Crippen molar-refractivity contribution in [3.63, 3.8) is 0 Å². The Morgan fingerprint density at radius 2 is 1.79 bits per heavy atom. The van der Waals surface area contributed by atoms with Gasteiger partial charge in [0.2, 0.25) is 0 Å². The Hall–Kier alpha value is -1.38. The first-order valence-corrected chi connectivity index (χ1v) is 4.68. The number of hydrogen-bond acceptors (Lipinski definition) is 1. The van der Waals surface area contributed by atoms with Crippen LogP contribution in [-0.4, -0.2) is 12.9 Å². The molecule has 0 saturated carbocycles. The van der Waals surface area contributed by atoms with Gasteiger partial charge in [0.05, 0.1) is 5.84 Å². The lowest BCUT2D eigenvalue weighted by atomic mass is 10.1. The molecule has 2 nitrogen and oxygen atoms in total. The first kappa shape index (κ1) is 12.6. The number of hydrogen-bond donors (Lipinski definition) is 1. The van der Waals surface area contributed by atoms with E-state index in [1.54, 1.807) is 19.2 Å². The quantitative estimate of drug-likeness (QED) is 0.572. The number of halogens is 1. The molecule has 0 amide bonds. The van der Waals surface area contributed by atoms with Gasteiger partial charge in [-0.2, -0.15) is 0 Å². The Morgan fingerprint density at radius 1 is 1.29 bits per heavy atom. The summed E-state index contributed by atoms with van der Waals surface area (Å²) in [6, 6.07) is 6.23. The lowest BCUT2D eigenvalue weighted by molar-refractivity contribution is 0.627. The van der Waals surface area contributed by atoms with E-state index in [2.05, 4.69) is 4.99 Å². The van der Waals surface area contributed by atoms with Crippen LogP contribution in [0.4, 0.5) is 4.39 Å². The molecule has 0 aliphatic carbocycles. The third-order valence-corrected chi connectivity index (χ3v) is 1.59. The Balaban J connectivity index is 0.000000791. The number of aliphatic imine (C=N–C) groups is 1. The van der Waals surface area contributed by atoms with Crippen LogP contribution < -0.4 is 5.73 Å². The van der Waals surface area contributed by atoms with Crippen molar-refractivity contribution in [2.45, 2.75) is 20.3 Å². The Kier molecular flexibility index (Phi) is 6.37. The first-order chi connectivity index (χ1) is 6.72. The maximum absolute atomic E-state index is 12.4. The number of amidine groups is 1. The van der Waals surface area contributed by atoms with Crippen LogP contribution in [-0.2, 0) is 6.42 Å². The van der Waals surface area contributed by atoms with Gasteiger partial charge in [0, 0.05) is 13.5 Å². The largest absolute Gasteiger partial charge is 0.387 e. The molecular formula is C11H17FN2. The molecule has 0 aliphatic rings. The van der Waals surface area contributed by atoms with Crippen molar-refractivity contribution in [2.24, 2.45) is 10.7 Å². The van der Waals surface area contributed by atoms with Crippen LogP contribution in [0.3, 0.4) is 0 Å². The van der Waals surface area contributed by atoms with Gasteiger partial charge in [0.1, 0.15) is 5.82 Å². The average Bonchev–Trinajstić information content (AvgIpc) is 2.24. The highest BCUT2D eigenvalue weighted by atomic mass is 19.1. The van der Waals surface area contributed by atoms with Crippen molar-refractivity contribution in [3.8, 4) is 0 Å². The van der Waals surface area contributed by atoms with Crippen molar-refractivity contribution in [1.29, 1.82) is 0 Å². The minimum Gasteiger partial charge on any atom is -0.387 e. The number of nitrogens with two attached hydrogens (primary N) is 1. The van der Waals surface area contributed by atoms with Crippen molar-refractivity contribution < 1.29 is 4.39 Å². The van der Waals surface area contributed by atoms with Crippen molar-refractivity contribution in [1.82, 2.24) is 0 Å². The average molecular weight is 196 g/mol. The summed E-state index contributed by atoms with van der Waals surface area (Å²) in [6.45, 7) is 4.00. The second kappa shape index (κ2) is 7.06. The van der Waals surface area contributed by atoms with E-state index >= 15 is 0 Å². The molecule has 0 aromatic heterocycles. The van der Waals surface area contributed by atoms with Crippen LogP contribution in [0.15, 0.2) is 29.3 Å². The molecule has 1 rings (SSSR count). The minimum absolute atomic E-state index is 0.231. The highest BCUT2D eigenvalue weighted by molar-refractivity contribution is 5.82. The molecule has 1 aromatic carbocycles. The van der Waals surface area contributed by atoms with Gasteiger partial charge in [-0.05, 0) is 17.7 Å². The van der Waals surface area contributed by atoms with Gasteiger partial charge in [0.25, 0.3) is 0 Å². The maximum atomic E-state index is 12.4. The summed E-state index contributed by atoms with van der Waals surface area (Å²) in [5, 5.41) is 0. The fourth-order valence-electron chi connectivity index (χ4n) is 0.890. The zero-order chi connectivity index (χ0) is 11.0. The molecule has 0 saturated heterocycles. The van der Waals surface area contributed by atoms with Crippen molar-refractivity contribution in [2.75, 3.05) is 7.05 Å². The standard InChI is InChI=1S/C9H11FN2.C2H6/c1-12-9(11)6-7-2-4-8(10)5-3-7;1-2/h2-5H,6H2,1H3,(H2,11,12);1-2H3. The predicted octanol–water partition coefficient (Wildman–Crippen LogP) is 2.38. The van der Waals surface area contributed by atoms with E-state index in [1.165, 1.54) is 12.1 Å². The van der Waals surface area contributed by atoms with Gasteiger partial charge in [0.15, 0.2) is 0 Å². The fraction of sp³-hybridized carbons (Fsp3) is 0.364. The highest BCUT2D eigenvalue weighted by Crippen LogP contribution is 2.02. The third kappa shape index (κ3) is 4.60. The van der Waals surface area contributed by atoms with Crippen molar-refractivity contribution in [3.05, 3.63) is 35.6 Å². The van der Waals surface area contributed by atoms with Gasteiger partial charge in [-0.25, -0.2) is 4.39 Å². The molecule has 0 fully saturated rings. The highest BCUT2D eigenvalue weighted by Gasteiger charge is 1.95. The van der Waals surface area contributed by atoms with Gasteiger partial charge in [-0.1, -0.05) is 26.0 Å². The molecule has 0 atom stereocenters. The molecule has 0 bridgehead atoms. The van der Waals surface area contributed by atoms with Crippen molar-refractivity contribution >= 4 is 5.84 Å². The van der Waals surface area contributed by atoms with Gasteiger partial charge in [-0.15, -0.1) is 0 Å². The molecule has 78 valence electrons. The molecule has 3 heteroatoms. The van der Waals surface area contributed by atoms with E-state index in [0.29, 0.717) is 12.3 Å². The SMILES string of the molecule is CC.CN=C(N)Cc1ccc(F)cc1. The monoisotopic (exact) mass is 196 g/mol. The van der Waals surface area contributed by atoms with E-state index in [0.717, 1.165) is 5.56 Å². The maximum Gasteiger partial charge on any atom is 0.123 e. The van der Waals surface area contributed by atoms with E-state index in [4.69, 9.17) is 5.73 Å². The number of benzene rings is 1. The fourth-order valence-corrected chi connectivity index (χ4v) is 0.890. The summed E-state index contributed by atoms with van der Waals surface area (Å²) in [4.78, 5) is 3.81. The van der Waals surface area contributed by atoms with Crippen LogP contribution >= 0.6 is 0 Å². The van der Waals surface area contributed by atoms with E-state index < -0.39 is 0 Å². The van der Waals surface area contributed by atoms with Crippen LogP contribution in [0.5, 0.6) is 0 Å². The molecule has 0 unspecified atom stereocenters. The zero-order valence-electron chi connectivity index (χ0n) is 8.92. The zero-order valence-corrected chi connectivity index (χ0v) is 8.92. The topological polar surface area (TPSA) is 38.4 Å². The van der Waals surface area contributed by atoms with E-state index in [1.807, 2.05) is 13.8 Å². The van der Waals surface area contributed by atoms with E-state index in [9.17, 15) is 4.39 Å². The number of rotatable bonds is 2. The Morgan fingerprint density at radius 3 is 2.21 bits per heavy atom. The summed E-state index contributed by atoms with van der Waals surface area (Å²) in [5.41, 5.74) is 6.47.